The molecule has 0 aliphatic carbocycles. The van der Waals surface area contributed by atoms with Crippen LogP contribution in [0.4, 0.5) is 17.1 Å². The van der Waals surface area contributed by atoms with Crippen molar-refractivity contribution in [3.05, 3.63) is 91.0 Å². The molecule has 3 aromatic carbocycles. The van der Waals surface area contributed by atoms with Crippen LogP contribution in [-0.4, -0.2) is 5.91 Å². The Labute approximate surface area is 252 Å². The van der Waals surface area contributed by atoms with Crippen molar-refractivity contribution in [3.8, 4) is 0 Å². The zero-order valence-electron chi connectivity index (χ0n) is 29.1. The summed E-state index contributed by atoms with van der Waals surface area (Å²) >= 11 is 0. The molecule has 40 heavy (non-hydrogen) atoms. The maximum atomic E-state index is 10.5. The van der Waals surface area contributed by atoms with E-state index in [1.165, 1.54) is 19.8 Å². The number of carbonyl (C=O) groups excluding carboxylic acids is 1. The molecule has 0 aliphatic rings. The fourth-order valence-electron chi connectivity index (χ4n) is 1.63. The lowest BCUT2D eigenvalue weighted by Gasteiger charge is -1.98. The van der Waals surface area contributed by atoms with Gasteiger partial charge in [-0.1, -0.05) is 164 Å². The van der Waals surface area contributed by atoms with E-state index in [2.05, 4.69) is 33.0 Å². The molecule has 0 radical (unpaired) electrons. The van der Waals surface area contributed by atoms with E-state index in [0.717, 1.165) is 17.1 Å². The molecule has 4 heteroatoms. The summed E-state index contributed by atoms with van der Waals surface area (Å²) in [5, 5.41) is 2.67. The summed E-state index contributed by atoms with van der Waals surface area (Å²) in [7, 11) is 0. The first-order valence-electron chi connectivity index (χ1n) is 15.3. The largest absolute Gasteiger partial charge is 0.399 e. The highest BCUT2D eigenvalue weighted by atomic mass is 16.1. The van der Waals surface area contributed by atoms with Crippen molar-refractivity contribution in [2.24, 2.45) is 0 Å². The molecule has 3 rings (SSSR count). The molecule has 0 saturated heterocycles. The Balaban J connectivity index is -0.0000000658. The molecule has 0 fully saturated rings. The molecule has 4 nitrogen and oxygen atoms in total. The van der Waals surface area contributed by atoms with Gasteiger partial charge in [-0.2, -0.15) is 0 Å². The molecule has 0 heterocycles. The van der Waals surface area contributed by atoms with E-state index >= 15 is 0 Å². The van der Waals surface area contributed by atoms with Gasteiger partial charge in [0.05, 0.1) is 0 Å². The standard InChI is InChI=1S/C8H9NO.2C6H7N.2C3H8.5C2H6/c1-7(10)9-8-5-3-2-4-6-8;2*7-6-4-2-1-3-5-6;2*1-3-2;5*1-2/h2-6H,1H3,(H,9,10);2*1-5H,7H2;2*3H2,1-2H3;5*1-2H3. The molecule has 0 atom stereocenters. The molecule has 5 N–H and O–H groups in total. The molecular formula is C36H69N3O. The number of hydrogen-bond donors (Lipinski definition) is 3. The highest BCUT2D eigenvalue weighted by Crippen LogP contribution is 2.03. The molecule has 0 spiro atoms. The molecular weight excluding hydrogens is 490 g/mol. The summed E-state index contributed by atoms with van der Waals surface area (Å²) in [4.78, 5) is 10.5. The summed E-state index contributed by atoms with van der Waals surface area (Å²) in [6.45, 7) is 30.0. The van der Waals surface area contributed by atoms with Gasteiger partial charge in [0.25, 0.3) is 0 Å². The van der Waals surface area contributed by atoms with E-state index < -0.39 is 0 Å². The number of anilines is 3. The first-order valence-corrected chi connectivity index (χ1v) is 15.3. The second-order valence-electron chi connectivity index (χ2n) is 6.28. The predicted octanol–water partition coefficient (Wildman–Crippen LogP) is 12.1. The van der Waals surface area contributed by atoms with Crippen LogP contribution < -0.4 is 16.8 Å². The third-order valence-corrected chi connectivity index (χ3v) is 2.69. The quantitative estimate of drug-likeness (QED) is 0.259. The number of carbonyl (C=O) groups is 1. The summed E-state index contributed by atoms with van der Waals surface area (Å²) < 4.78 is 0. The Hall–Kier alpha value is -3.27. The van der Waals surface area contributed by atoms with Gasteiger partial charge in [-0.3, -0.25) is 4.79 Å². The molecule has 0 unspecified atom stereocenters. The molecule has 0 aliphatic heterocycles. The van der Waals surface area contributed by atoms with E-state index in [0.29, 0.717) is 0 Å². The van der Waals surface area contributed by atoms with Crippen LogP contribution in [0.1, 0.15) is 117 Å². The maximum Gasteiger partial charge on any atom is 0.221 e. The van der Waals surface area contributed by atoms with Gasteiger partial charge >= 0.3 is 0 Å². The molecule has 0 aromatic heterocycles. The number of rotatable bonds is 1. The van der Waals surface area contributed by atoms with Gasteiger partial charge in [-0.15, -0.1) is 0 Å². The fourth-order valence-corrected chi connectivity index (χ4v) is 1.63. The third-order valence-electron chi connectivity index (χ3n) is 2.69. The molecule has 0 saturated carbocycles. The minimum Gasteiger partial charge on any atom is -0.399 e. The smallest absolute Gasteiger partial charge is 0.221 e. The van der Waals surface area contributed by atoms with E-state index in [1.807, 2.05) is 160 Å². The third kappa shape index (κ3) is 64.6. The van der Waals surface area contributed by atoms with Crippen LogP contribution in [0.3, 0.4) is 0 Å². The first-order chi connectivity index (χ1) is 19.4. The molecule has 1 amide bonds. The van der Waals surface area contributed by atoms with Crippen molar-refractivity contribution in [3.63, 3.8) is 0 Å². The monoisotopic (exact) mass is 560 g/mol. The summed E-state index contributed by atoms with van der Waals surface area (Å²) in [5.41, 5.74) is 13.2. The highest BCUT2D eigenvalue weighted by molar-refractivity contribution is 5.88. The first kappa shape index (κ1) is 53.1. The van der Waals surface area contributed by atoms with Crippen molar-refractivity contribution in [1.29, 1.82) is 0 Å². The minimum atomic E-state index is -0.0359. The van der Waals surface area contributed by atoms with Gasteiger partial charge in [0.2, 0.25) is 5.91 Å². The zero-order chi connectivity index (χ0) is 33.0. The Morgan fingerprint density at radius 1 is 0.500 bits per heavy atom. The van der Waals surface area contributed by atoms with Crippen molar-refractivity contribution >= 4 is 23.0 Å². The molecule has 234 valence electrons. The number of nitrogens with two attached hydrogens (primary N) is 2. The van der Waals surface area contributed by atoms with Crippen molar-refractivity contribution in [1.82, 2.24) is 0 Å². The topological polar surface area (TPSA) is 81.1 Å². The van der Waals surface area contributed by atoms with Gasteiger partial charge < -0.3 is 16.8 Å². The number of hydrogen-bond acceptors (Lipinski definition) is 3. The Morgan fingerprint density at radius 3 is 0.850 bits per heavy atom. The van der Waals surface area contributed by atoms with Gasteiger partial charge in [0.15, 0.2) is 0 Å². The number of benzene rings is 3. The zero-order valence-corrected chi connectivity index (χ0v) is 29.1. The average Bonchev–Trinajstić information content (AvgIpc) is 3.01. The highest BCUT2D eigenvalue weighted by Gasteiger charge is 1.90. The Kier molecular flexibility index (Phi) is 80.0. The van der Waals surface area contributed by atoms with E-state index in [1.54, 1.807) is 0 Å². The normalized spacial score (nSPS) is 6.88. The van der Waals surface area contributed by atoms with Crippen molar-refractivity contribution < 1.29 is 4.79 Å². The minimum absolute atomic E-state index is 0.0359. The number of para-hydroxylation sites is 3. The second-order valence-corrected chi connectivity index (χ2v) is 6.28. The lowest BCUT2D eigenvalue weighted by atomic mass is 10.3. The van der Waals surface area contributed by atoms with Crippen LogP contribution in [0.2, 0.25) is 0 Å². The second kappa shape index (κ2) is 60.3. The van der Waals surface area contributed by atoms with Gasteiger partial charge in [-0.05, 0) is 36.4 Å². The van der Waals surface area contributed by atoms with Gasteiger partial charge in [0, 0.05) is 24.0 Å². The summed E-state index contributed by atoms with van der Waals surface area (Å²) in [5.74, 6) is -0.0359. The van der Waals surface area contributed by atoms with Crippen LogP contribution in [0.15, 0.2) is 91.0 Å². The van der Waals surface area contributed by atoms with Gasteiger partial charge in [0.1, 0.15) is 0 Å². The van der Waals surface area contributed by atoms with Crippen LogP contribution in [0, 0.1) is 0 Å². The van der Waals surface area contributed by atoms with E-state index in [-0.39, 0.29) is 5.91 Å². The predicted molar refractivity (Wildman–Crippen MR) is 191 cm³/mol. The SMILES string of the molecule is CC.CC.CC.CC.CC.CC(=O)Nc1ccccc1.CCC.CCC.Nc1ccccc1.Nc1ccccc1. The Bertz CT molecular complexity index is 679. The van der Waals surface area contributed by atoms with Crippen LogP contribution in [0.5, 0.6) is 0 Å². The van der Waals surface area contributed by atoms with Gasteiger partial charge in [-0.25, -0.2) is 0 Å². The molecule has 0 bridgehead atoms. The number of amides is 1. The van der Waals surface area contributed by atoms with Crippen molar-refractivity contribution in [2.75, 3.05) is 16.8 Å². The summed E-state index contributed by atoms with van der Waals surface area (Å²) in [6.07, 6.45) is 2.50. The van der Waals surface area contributed by atoms with Crippen LogP contribution >= 0.6 is 0 Å². The lowest BCUT2D eigenvalue weighted by Crippen LogP contribution is -2.04. The van der Waals surface area contributed by atoms with Crippen LogP contribution in [-0.2, 0) is 4.79 Å². The fraction of sp³-hybridized carbons (Fsp3) is 0.472. The number of nitrogens with one attached hydrogen (secondary N) is 1. The average molecular weight is 560 g/mol. The lowest BCUT2D eigenvalue weighted by molar-refractivity contribution is -0.114. The molecule has 3 aromatic rings. The van der Waals surface area contributed by atoms with E-state index in [9.17, 15) is 4.79 Å². The van der Waals surface area contributed by atoms with Crippen LogP contribution in [0.25, 0.3) is 0 Å². The Morgan fingerprint density at radius 2 is 0.700 bits per heavy atom. The van der Waals surface area contributed by atoms with E-state index in [4.69, 9.17) is 11.5 Å². The number of nitrogen functional groups attached to an aromatic ring is 2. The van der Waals surface area contributed by atoms with Crippen molar-refractivity contribution in [2.45, 2.75) is 117 Å². The summed E-state index contributed by atoms with van der Waals surface area (Å²) in [6, 6.07) is 28.3. The maximum absolute atomic E-state index is 10.5.